The van der Waals surface area contributed by atoms with Crippen molar-refractivity contribution in [2.75, 3.05) is 20.7 Å². The molecule has 1 N–H and O–H groups in total. The molecule has 1 unspecified atom stereocenters. The molecule has 4 heteroatoms. The highest BCUT2D eigenvalue weighted by atomic mass is 16.5. The first-order valence-corrected chi connectivity index (χ1v) is 13.4. The van der Waals surface area contributed by atoms with Crippen LogP contribution in [0.15, 0.2) is 54.6 Å². The number of unbranched alkanes of at least 4 members (excludes halogenated alkanes) is 9. The topological polar surface area (TPSA) is 49.8 Å². The lowest BCUT2D eigenvalue weighted by molar-refractivity contribution is -0.168. The van der Waals surface area contributed by atoms with Crippen LogP contribution in [0.4, 0.5) is 0 Å². The zero-order valence-electron chi connectivity index (χ0n) is 22.0. The average Bonchev–Trinajstić information content (AvgIpc) is 2.81. The summed E-state index contributed by atoms with van der Waals surface area (Å²) in [6.45, 7) is 2.83. The molecule has 0 amide bonds. The Kier molecular flexibility index (Phi) is 17.2. The highest BCUT2D eigenvalue weighted by Gasteiger charge is 2.36. The van der Waals surface area contributed by atoms with Gasteiger partial charge in [-0.3, -0.25) is 9.69 Å². The van der Waals surface area contributed by atoms with Gasteiger partial charge in [0.2, 0.25) is 0 Å². The van der Waals surface area contributed by atoms with Gasteiger partial charge in [-0.05, 0) is 58.2 Å². The zero-order valence-corrected chi connectivity index (χ0v) is 22.0. The normalized spacial score (nSPS) is 13.8. The summed E-state index contributed by atoms with van der Waals surface area (Å²) < 4.78 is 6.26. The van der Waals surface area contributed by atoms with E-state index in [0.29, 0.717) is 13.0 Å². The Morgan fingerprint density at radius 1 is 0.882 bits per heavy atom. The fourth-order valence-electron chi connectivity index (χ4n) is 4.11. The van der Waals surface area contributed by atoms with Crippen molar-refractivity contribution in [3.05, 3.63) is 60.2 Å². The molecule has 0 radical (unpaired) electrons. The molecule has 0 saturated carbocycles. The number of ether oxygens (including phenoxy) is 1. The number of carbonyl (C=O) groups is 1. The number of aliphatic carboxylic acids is 1. The molecule has 192 valence electrons. The van der Waals surface area contributed by atoms with E-state index in [1.54, 1.807) is 0 Å². The molecule has 34 heavy (non-hydrogen) atoms. The van der Waals surface area contributed by atoms with Crippen molar-refractivity contribution in [2.45, 2.75) is 103 Å². The lowest BCUT2D eigenvalue weighted by Crippen LogP contribution is -2.50. The van der Waals surface area contributed by atoms with E-state index in [0.717, 1.165) is 24.8 Å². The van der Waals surface area contributed by atoms with Crippen LogP contribution in [0.5, 0.6) is 0 Å². The molecular formula is C30H49NO3. The predicted octanol–water partition coefficient (Wildman–Crippen LogP) is 7.79. The molecule has 0 fully saturated rings. The first-order valence-electron chi connectivity index (χ1n) is 13.4. The predicted molar refractivity (Wildman–Crippen MR) is 144 cm³/mol. The lowest BCUT2D eigenvalue weighted by Gasteiger charge is -2.39. The summed E-state index contributed by atoms with van der Waals surface area (Å²) in [7, 11) is 3.81. The molecule has 0 aliphatic rings. The largest absolute Gasteiger partial charge is 0.481 e. The van der Waals surface area contributed by atoms with Crippen molar-refractivity contribution in [3.63, 3.8) is 0 Å². The molecule has 1 aromatic rings. The summed E-state index contributed by atoms with van der Waals surface area (Å²) in [5.41, 5.74) is 0.277. The van der Waals surface area contributed by atoms with Crippen molar-refractivity contribution < 1.29 is 14.6 Å². The summed E-state index contributed by atoms with van der Waals surface area (Å²) in [4.78, 5) is 13.5. The third kappa shape index (κ3) is 14.4. The molecule has 0 spiro atoms. The fourth-order valence-corrected chi connectivity index (χ4v) is 4.11. The van der Waals surface area contributed by atoms with E-state index in [1.807, 2.05) is 49.3 Å². The van der Waals surface area contributed by atoms with Gasteiger partial charge in [-0.15, -0.1) is 0 Å². The second-order valence-corrected chi connectivity index (χ2v) is 9.51. The van der Waals surface area contributed by atoms with E-state index in [4.69, 9.17) is 4.74 Å². The summed E-state index contributed by atoms with van der Waals surface area (Å²) in [5.74, 6) is -0.832. The number of nitrogens with zero attached hydrogens (tertiary/aromatic N) is 1. The molecule has 4 nitrogen and oxygen atoms in total. The standard InChI is InChI=1S/C30H49NO3/c1-4-5-6-7-8-9-10-11-12-13-14-15-16-17-18-22-25-34-30(31(2)3,27-29(32)33)26-28-23-20-19-21-24-28/h8-9,11-12,19-21,23-24H,4-7,10,13-18,22,25-27H2,1-3H3,(H,32,33)/b9-8-,12-11-. The summed E-state index contributed by atoms with van der Waals surface area (Å²) in [6, 6.07) is 10.0. The summed E-state index contributed by atoms with van der Waals surface area (Å²) in [6.07, 6.45) is 24.2. The van der Waals surface area contributed by atoms with Crippen LogP contribution in [0.25, 0.3) is 0 Å². The van der Waals surface area contributed by atoms with E-state index in [2.05, 4.69) is 31.2 Å². The third-order valence-corrected chi connectivity index (χ3v) is 6.28. The highest BCUT2D eigenvalue weighted by Crippen LogP contribution is 2.25. The van der Waals surface area contributed by atoms with Crippen molar-refractivity contribution in [1.29, 1.82) is 0 Å². The Bertz CT molecular complexity index is 684. The van der Waals surface area contributed by atoms with Crippen LogP contribution in [0.3, 0.4) is 0 Å². The smallest absolute Gasteiger partial charge is 0.307 e. The lowest BCUT2D eigenvalue weighted by atomic mass is 9.98. The quantitative estimate of drug-likeness (QED) is 0.113. The average molecular weight is 472 g/mol. The molecule has 0 aliphatic heterocycles. The van der Waals surface area contributed by atoms with Crippen LogP contribution in [0, 0.1) is 0 Å². The SMILES string of the molecule is CCCCC/C=C\C/C=C\CCCCCCCCOC(CC(=O)O)(Cc1ccccc1)N(C)C. The fraction of sp³-hybridized carbons (Fsp3) is 0.633. The minimum atomic E-state index is -0.832. The highest BCUT2D eigenvalue weighted by molar-refractivity contribution is 5.68. The van der Waals surface area contributed by atoms with Gasteiger partial charge in [0.15, 0.2) is 0 Å². The van der Waals surface area contributed by atoms with E-state index >= 15 is 0 Å². The van der Waals surface area contributed by atoms with Crippen LogP contribution < -0.4 is 0 Å². The van der Waals surface area contributed by atoms with Crippen molar-refractivity contribution >= 4 is 5.97 Å². The van der Waals surface area contributed by atoms with Gasteiger partial charge in [-0.25, -0.2) is 0 Å². The maximum absolute atomic E-state index is 11.6. The van der Waals surface area contributed by atoms with E-state index in [-0.39, 0.29) is 6.42 Å². The van der Waals surface area contributed by atoms with Gasteiger partial charge in [0.05, 0.1) is 6.42 Å². The monoisotopic (exact) mass is 471 g/mol. The van der Waals surface area contributed by atoms with Crippen LogP contribution in [0.1, 0.15) is 96.0 Å². The number of likely N-dealkylation sites (N-methyl/N-ethyl adjacent to an activating group) is 1. The first-order chi connectivity index (χ1) is 16.5. The maximum Gasteiger partial charge on any atom is 0.307 e. The molecule has 0 heterocycles. The molecular weight excluding hydrogens is 422 g/mol. The Hall–Kier alpha value is -1.91. The van der Waals surface area contributed by atoms with Gasteiger partial charge < -0.3 is 9.84 Å². The van der Waals surface area contributed by atoms with Gasteiger partial charge in [0.25, 0.3) is 0 Å². The van der Waals surface area contributed by atoms with Crippen LogP contribution in [-0.4, -0.2) is 42.4 Å². The second kappa shape index (κ2) is 19.4. The maximum atomic E-state index is 11.6. The molecule has 0 aromatic heterocycles. The minimum Gasteiger partial charge on any atom is -0.481 e. The van der Waals surface area contributed by atoms with Gasteiger partial charge >= 0.3 is 5.97 Å². The Morgan fingerprint density at radius 2 is 1.47 bits per heavy atom. The number of carboxylic acid groups (broad SMARTS) is 1. The number of carboxylic acids is 1. The molecule has 0 saturated heterocycles. The Morgan fingerprint density at radius 3 is 2.06 bits per heavy atom. The van der Waals surface area contributed by atoms with Crippen LogP contribution in [0.2, 0.25) is 0 Å². The molecule has 1 atom stereocenters. The second-order valence-electron chi connectivity index (χ2n) is 9.51. The minimum absolute atomic E-state index is 0.0307. The summed E-state index contributed by atoms with van der Waals surface area (Å²) >= 11 is 0. The number of allylic oxidation sites excluding steroid dienone is 4. The third-order valence-electron chi connectivity index (χ3n) is 6.28. The molecule has 0 bridgehead atoms. The molecule has 1 aromatic carbocycles. The number of benzene rings is 1. The van der Waals surface area contributed by atoms with E-state index in [1.165, 1.54) is 57.8 Å². The van der Waals surface area contributed by atoms with Crippen molar-refractivity contribution in [1.82, 2.24) is 4.90 Å². The van der Waals surface area contributed by atoms with Crippen LogP contribution >= 0.6 is 0 Å². The number of hydrogen-bond donors (Lipinski definition) is 1. The molecule has 0 aliphatic carbocycles. The number of rotatable bonds is 21. The van der Waals surface area contributed by atoms with E-state index in [9.17, 15) is 9.90 Å². The summed E-state index contributed by atoms with van der Waals surface area (Å²) in [5, 5.41) is 9.50. The number of hydrogen-bond acceptors (Lipinski definition) is 3. The first kappa shape index (κ1) is 30.1. The van der Waals surface area contributed by atoms with Gasteiger partial charge in [0.1, 0.15) is 5.72 Å². The van der Waals surface area contributed by atoms with Gasteiger partial charge in [0, 0.05) is 13.0 Å². The van der Waals surface area contributed by atoms with E-state index < -0.39 is 11.7 Å². The van der Waals surface area contributed by atoms with Crippen molar-refractivity contribution in [2.24, 2.45) is 0 Å². The van der Waals surface area contributed by atoms with Gasteiger partial charge in [-0.2, -0.15) is 0 Å². The van der Waals surface area contributed by atoms with Crippen molar-refractivity contribution in [3.8, 4) is 0 Å². The zero-order chi connectivity index (χ0) is 24.9. The van der Waals surface area contributed by atoms with Gasteiger partial charge in [-0.1, -0.05) is 100 Å². The Balaban J connectivity index is 2.19. The van der Waals surface area contributed by atoms with Crippen LogP contribution in [-0.2, 0) is 16.0 Å². The Labute approximate surface area is 209 Å². The molecule has 1 rings (SSSR count).